The third-order valence-electron chi connectivity index (χ3n) is 3.94. The number of hydrazone groups is 1. The van der Waals surface area contributed by atoms with Gasteiger partial charge in [-0.3, -0.25) is 9.59 Å². The molecule has 1 N–H and O–H groups in total. The fraction of sp³-hybridized carbons (Fsp3) is 0.158. The minimum absolute atomic E-state index is 0.163. The zero-order chi connectivity index (χ0) is 17.8. The van der Waals surface area contributed by atoms with E-state index in [0.29, 0.717) is 10.8 Å². The minimum Gasteiger partial charge on any atom is -0.267 e. The summed E-state index contributed by atoms with van der Waals surface area (Å²) in [6.07, 6.45) is 2.54. The molecule has 1 heterocycles. The van der Waals surface area contributed by atoms with Gasteiger partial charge in [-0.15, -0.1) is 0 Å². The standard InChI is InChI=1S/C19H18N4O2/c1-3-13-8-10-14(11-9-13)12-20-21-18(24)17-15-6-4-5-7-16(15)19(25)23(2)22-17/h4-12H,3H2,1-2H3,(H,21,24)/b20-12+. The van der Waals surface area contributed by atoms with E-state index in [1.807, 2.05) is 24.3 Å². The highest BCUT2D eigenvalue weighted by atomic mass is 16.2. The zero-order valence-electron chi connectivity index (χ0n) is 14.1. The van der Waals surface area contributed by atoms with Crippen molar-refractivity contribution in [2.24, 2.45) is 12.1 Å². The van der Waals surface area contributed by atoms with Crippen molar-refractivity contribution in [3.05, 3.63) is 75.7 Å². The Kier molecular flexibility index (Phi) is 4.70. The Morgan fingerprint density at radius 1 is 1.16 bits per heavy atom. The number of fused-ring (bicyclic) bond motifs is 1. The average Bonchev–Trinajstić information content (AvgIpc) is 2.65. The molecule has 0 radical (unpaired) electrons. The van der Waals surface area contributed by atoms with Gasteiger partial charge in [0.15, 0.2) is 5.69 Å². The van der Waals surface area contributed by atoms with Crippen molar-refractivity contribution in [3.8, 4) is 0 Å². The van der Waals surface area contributed by atoms with Crippen LogP contribution in [0, 0.1) is 0 Å². The lowest BCUT2D eigenvalue weighted by Gasteiger charge is -2.06. The molecule has 0 saturated carbocycles. The Morgan fingerprint density at radius 3 is 2.52 bits per heavy atom. The molecule has 0 atom stereocenters. The first-order valence-corrected chi connectivity index (χ1v) is 7.98. The van der Waals surface area contributed by atoms with E-state index in [4.69, 9.17) is 0 Å². The van der Waals surface area contributed by atoms with Crippen LogP contribution < -0.4 is 11.0 Å². The van der Waals surface area contributed by atoms with E-state index in [1.165, 1.54) is 12.6 Å². The van der Waals surface area contributed by atoms with Crippen molar-refractivity contribution in [2.75, 3.05) is 0 Å². The predicted octanol–water partition coefficient (Wildman–Crippen LogP) is 2.26. The Hall–Kier alpha value is -3.28. The second kappa shape index (κ2) is 7.09. The summed E-state index contributed by atoms with van der Waals surface area (Å²) in [5.41, 5.74) is 4.51. The second-order valence-electron chi connectivity index (χ2n) is 5.62. The van der Waals surface area contributed by atoms with Gasteiger partial charge in [0.05, 0.1) is 11.6 Å². The molecular weight excluding hydrogens is 316 g/mol. The lowest BCUT2D eigenvalue weighted by atomic mass is 10.1. The number of nitrogens with zero attached hydrogens (tertiary/aromatic N) is 3. The minimum atomic E-state index is -0.465. The summed E-state index contributed by atoms with van der Waals surface area (Å²) in [5, 5.41) is 9.00. The average molecular weight is 334 g/mol. The van der Waals surface area contributed by atoms with Gasteiger partial charge in [-0.05, 0) is 23.6 Å². The van der Waals surface area contributed by atoms with E-state index in [2.05, 4.69) is 22.5 Å². The third kappa shape index (κ3) is 3.47. The molecular formula is C19H18N4O2. The van der Waals surface area contributed by atoms with E-state index in [0.717, 1.165) is 16.7 Å². The van der Waals surface area contributed by atoms with Crippen molar-refractivity contribution >= 4 is 22.9 Å². The van der Waals surface area contributed by atoms with Gasteiger partial charge in [-0.1, -0.05) is 49.4 Å². The molecule has 0 fully saturated rings. The van der Waals surface area contributed by atoms with Crippen molar-refractivity contribution in [1.82, 2.24) is 15.2 Å². The molecule has 3 aromatic rings. The molecule has 3 rings (SSSR count). The molecule has 126 valence electrons. The summed E-state index contributed by atoms with van der Waals surface area (Å²) in [5.74, 6) is -0.465. The molecule has 0 aliphatic carbocycles. The van der Waals surface area contributed by atoms with Gasteiger partial charge in [0.25, 0.3) is 11.5 Å². The fourth-order valence-corrected chi connectivity index (χ4v) is 2.53. The quantitative estimate of drug-likeness (QED) is 0.587. The first-order chi connectivity index (χ1) is 12.1. The van der Waals surface area contributed by atoms with Crippen LogP contribution in [0.15, 0.2) is 58.4 Å². The topological polar surface area (TPSA) is 76.3 Å². The summed E-state index contributed by atoms with van der Waals surface area (Å²) in [7, 11) is 1.52. The Balaban J connectivity index is 1.84. The molecule has 0 bridgehead atoms. The van der Waals surface area contributed by atoms with Crippen molar-refractivity contribution in [1.29, 1.82) is 0 Å². The molecule has 25 heavy (non-hydrogen) atoms. The van der Waals surface area contributed by atoms with Gasteiger partial charge in [0.2, 0.25) is 0 Å². The van der Waals surface area contributed by atoms with Crippen molar-refractivity contribution in [2.45, 2.75) is 13.3 Å². The third-order valence-corrected chi connectivity index (χ3v) is 3.94. The van der Waals surface area contributed by atoms with Crippen LogP contribution in [0.25, 0.3) is 10.8 Å². The van der Waals surface area contributed by atoms with Crippen LogP contribution in [-0.2, 0) is 13.5 Å². The summed E-state index contributed by atoms with van der Waals surface area (Å²) >= 11 is 0. The van der Waals surface area contributed by atoms with Crippen LogP contribution in [-0.4, -0.2) is 21.9 Å². The molecule has 2 aromatic carbocycles. The largest absolute Gasteiger partial charge is 0.292 e. The number of benzene rings is 2. The molecule has 0 unspecified atom stereocenters. The van der Waals surface area contributed by atoms with Gasteiger partial charge in [-0.2, -0.15) is 10.2 Å². The van der Waals surface area contributed by atoms with Crippen LogP contribution in [0.1, 0.15) is 28.5 Å². The lowest BCUT2D eigenvalue weighted by molar-refractivity contribution is 0.0950. The highest BCUT2D eigenvalue weighted by Crippen LogP contribution is 2.12. The summed E-state index contributed by atoms with van der Waals surface area (Å²) in [6, 6.07) is 14.8. The van der Waals surface area contributed by atoms with Crippen LogP contribution in [0.2, 0.25) is 0 Å². The zero-order valence-corrected chi connectivity index (χ0v) is 14.1. The van der Waals surface area contributed by atoms with E-state index < -0.39 is 5.91 Å². The number of carbonyl (C=O) groups is 1. The smallest absolute Gasteiger partial charge is 0.267 e. The maximum absolute atomic E-state index is 12.4. The van der Waals surface area contributed by atoms with Crippen LogP contribution in [0.3, 0.4) is 0 Å². The first kappa shape index (κ1) is 16.6. The monoisotopic (exact) mass is 334 g/mol. The lowest BCUT2D eigenvalue weighted by Crippen LogP contribution is -2.27. The number of hydrogen-bond donors (Lipinski definition) is 1. The SMILES string of the molecule is CCc1ccc(/C=N/NC(=O)c2nn(C)c(=O)c3ccccc23)cc1. The molecule has 0 aliphatic heterocycles. The predicted molar refractivity (Wildman–Crippen MR) is 97.9 cm³/mol. The summed E-state index contributed by atoms with van der Waals surface area (Å²) < 4.78 is 1.16. The fourth-order valence-electron chi connectivity index (χ4n) is 2.53. The highest BCUT2D eigenvalue weighted by Gasteiger charge is 2.14. The maximum atomic E-state index is 12.4. The molecule has 6 heteroatoms. The van der Waals surface area contributed by atoms with Crippen LogP contribution in [0.5, 0.6) is 0 Å². The number of hydrogen-bond acceptors (Lipinski definition) is 4. The Labute approximate surface area is 144 Å². The van der Waals surface area contributed by atoms with Gasteiger partial charge >= 0.3 is 0 Å². The van der Waals surface area contributed by atoms with Crippen LogP contribution in [0.4, 0.5) is 0 Å². The maximum Gasteiger partial charge on any atom is 0.292 e. The van der Waals surface area contributed by atoms with E-state index >= 15 is 0 Å². The van der Waals surface area contributed by atoms with E-state index in [1.54, 1.807) is 30.5 Å². The first-order valence-electron chi connectivity index (χ1n) is 7.98. The Morgan fingerprint density at radius 2 is 1.84 bits per heavy atom. The number of carbonyl (C=O) groups excluding carboxylic acids is 1. The summed E-state index contributed by atoms with van der Waals surface area (Å²) in [4.78, 5) is 24.5. The normalized spacial score (nSPS) is 11.1. The number of aromatic nitrogens is 2. The molecule has 1 aromatic heterocycles. The van der Waals surface area contributed by atoms with Gasteiger partial charge in [0.1, 0.15) is 0 Å². The number of aryl methyl sites for hydroxylation is 2. The summed E-state index contributed by atoms with van der Waals surface area (Å²) in [6.45, 7) is 2.09. The molecule has 0 aliphatic rings. The molecule has 1 amide bonds. The number of nitrogens with one attached hydrogen (secondary N) is 1. The van der Waals surface area contributed by atoms with E-state index in [-0.39, 0.29) is 11.3 Å². The second-order valence-corrected chi connectivity index (χ2v) is 5.62. The molecule has 6 nitrogen and oxygen atoms in total. The van der Waals surface area contributed by atoms with E-state index in [9.17, 15) is 9.59 Å². The van der Waals surface area contributed by atoms with Gasteiger partial charge < -0.3 is 0 Å². The number of amides is 1. The molecule has 0 saturated heterocycles. The van der Waals surface area contributed by atoms with Crippen molar-refractivity contribution in [3.63, 3.8) is 0 Å². The van der Waals surface area contributed by atoms with Gasteiger partial charge in [0, 0.05) is 12.4 Å². The Bertz CT molecular complexity index is 1000. The van der Waals surface area contributed by atoms with Crippen LogP contribution >= 0.6 is 0 Å². The van der Waals surface area contributed by atoms with Gasteiger partial charge in [-0.25, -0.2) is 10.1 Å². The number of rotatable bonds is 4. The van der Waals surface area contributed by atoms with Crippen molar-refractivity contribution < 1.29 is 4.79 Å². The molecule has 0 spiro atoms. The highest BCUT2D eigenvalue weighted by molar-refractivity contribution is 6.04.